The Bertz CT molecular complexity index is 877. The van der Waals surface area contributed by atoms with E-state index in [0.29, 0.717) is 6.04 Å². The molecule has 1 saturated heterocycles. The van der Waals surface area contributed by atoms with Crippen LogP contribution in [0.4, 0.5) is 0 Å². The van der Waals surface area contributed by atoms with Crippen molar-refractivity contribution >= 4 is 28.6 Å². The molecule has 1 heterocycles. The van der Waals surface area contributed by atoms with Gasteiger partial charge >= 0.3 is 11.9 Å². The first-order valence-corrected chi connectivity index (χ1v) is 10.4. The lowest BCUT2D eigenvalue weighted by molar-refractivity contribution is -0.159. The van der Waals surface area contributed by atoms with Crippen LogP contribution >= 0.6 is 0 Å². The number of hydrogen-bond donors (Lipinski definition) is 2. The number of carboxylic acid groups (broad SMARTS) is 2. The Balaban J connectivity index is 0.000000501. The summed E-state index contributed by atoms with van der Waals surface area (Å²) in [6, 6.07) is 14.8. The molecule has 1 amide bonds. The topological polar surface area (TPSA) is 107 Å². The summed E-state index contributed by atoms with van der Waals surface area (Å²) in [7, 11) is 0. The van der Waals surface area contributed by atoms with Gasteiger partial charge in [0.05, 0.1) is 0 Å². The molecule has 0 unspecified atom stereocenters. The zero-order chi connectivity index (χ0) is 22.8. The van der Waals surface area contributed by atoms with E-state index in [9.17, 15) is 4.79 Å². The van der Waals surface area contributed by atoms with Crippen molar-refractivity contribution in [3.8, 4) is 5.75 Å². The van der Waals surface area contributed by atoms with Gasteiger partial charge in [0.2, 0.25) is 0 Å². The number of carboxylic acids is 2. The van der Waals surface area contributed by atoms with Crippen LogP contribution in [-0.4, -0.2) is 76.7 Å². The third-order valence-electron chi connectivity index (χ3n) is 5.39. The maximum atomic E-state index is 12.4. The summed E-state index contributed by atoms with van der Waals surface area (Å²) in [5.41, 5.74) is 0. The number of carbonyl (C=O) groups excluding carboxylic acids is 1. The monoisotopic (exact) mass is 430 g/mol. The second-order valence-corrected chi connectivity index (χ2v) is 7.30. The normalized spacial score (nSPS) is 14.1. The van der Waals surface area contributed by atoms with Gasteiger partial charge in [0, 0.05) is 32.2 Å². The number of hydrogen-bond acceptors (Lipinski definition) is 5. The van der Waals surface area contributed by atoms with E-state index in [0.717, 1.165) is 37.3 Å². The second-order valence-electron chi connectivity index (χ2n) is 7.30. The molecule has 1 fully saturated rings. The van der Waals surface area contributed by atoms with Gasteiger partial charge in [-0.3, -0.25) is 9.69 Å². The van der Waals surface area contributed by atoms with Gasteiger partial charge in [-0.05, 0) is 35.7 Å². The minimum atomic E-state index is -1.82. The molecule has 31 heavy (non-hydrogen) atoms. The van der Waals surface area contributed by atoms with Crippen molar-refractivity contribution in [3.63, 3.8) is 0 Å². The minimum Gasteiger partial charge on any atom is -0.484 e. The van der Waals surface area contributed by atoms with Crippen molar-refractivity contribution in [1.82, 2.24) is 9.80 Å². The van der Waals surface area contributed by atoms with Crippen LogP contribution in [0.5, 0.6) is 5.75 Å². The van der Waals surface area contributed by atoms with E-state index in [1.807, 2.05) is 35.2 Å². The fourth-order valence-electron chi connectivity index (χ4n) is 3.64. The molecule has 2 aromatic carbocycles. The van der Waals surface area contributed by atoms with Crippen LogP contribution in [-0.2, 0) is 14.4 Å². The van der Waals surface area contributed by atoms with Crippen LogP contribution in [0.25, 0.3) is 10.8 Å². The molecule has 1 aliphatic heterocycles. The second kappa shape index (κ2) is 11.9. The van der Waals surface area contributed by atoms with Crippen molar-refractivity contribution in [2.45, 2.75) is 32.7 Å². The van der Waals surface area contributed by atoms with Crippen molar-refractivity contribution in [3.05, 3.63) is 42.5 Å². The standard InChI is InChI=1S/C21H28N2O2.C2H2O4/c1-3-19(4-2)22-11-13-23(14-12-22)21(24)16-25-20-10-9-17-7-5-6-8-18(17)15-20;3-1(4)2(5)6/h5-10,15,19H,3-4,11-14,16H2,1-2H3;(H,3,4)(H,5,6). The maximum Gasteiger partial charge on any atom is 0.414 e. The van der Waals surface area contributed by atoms with E-state index in [-0.39, 0.29) is 12.5 Å². The van der Waals surface area contributed by atoms with E-state index >= 15 is 0 Å². The number of aliphatic carboxylic acids is 2. The van der Waals surface area contributed by atoms with E-state index in [1.165, 1.54) is 18.2 Å². The first-order chi connectivity index (χ1) is 14.8. The quantitative estimate of drug-likeness (QED) is 0.679. The number of carbonyl (C=O) groups is 3. The van der Waals surface area contributed by atoms with Gasteiger partial charge in [-0.15, -0.1) is 0 Å². The van der Waals surface area contributed by atoms with Crippen molar-refractivity contribution in [2.75, 3.05) is 32.8 Å². The van der Waals surface area contributed by atoms with Gasteiger partial charge in [-0.2, -0.15) is 0 Å². The minimum absolute atomic E-state index is 0.0809. The average molecular weight is 431 g/mol. The predicted molar refractivity (Wildman–Crippen MR) is 117 cm³/mol. The highest BCUT2D eigenvalue weighted by Crippen LogP contribution is 2.20. The molecule has 0 bridgehead atoms. The fraction of sp³-hybridized carbons (Fsp3) is 0.435. The Hall–Kier alpha value is -3.13. The number of fused-ring (bicyclic) bond motifs is 1. The van der Waals surface area contributed by atoms with E-state index in [2.05, 4.69) is 30.9 Å². The molecule has 2 N–H and O–H groups in total. The fourth-order valence-corrected chi connectivity index (χ4v) is 3.64. The van der Waals surface area contributed by atoms with E-state index < -0.39 is 11.9 Å². The molecule has 0 saturated carbocycles. The summed E-state index contributed by atoms with van der Waals surface area (Å²) in [5, 5.41) is 17.1. The summed E-state index contributed by atoms with van der Waals surface area (Å²) in [5.74, 6) is -2.81. The zero-order valence-electron chi connectivity index (χ0n) is 18.0. The Morgan fingerprint density at radius 2 is 1.48 bits per heavy atom. The van der Waals surface area contributed by atoms with Gasteiger partial charge in [0.25, 0.3) is 5.91 Å². The Labute approximate surface area is 182 Å². The first-order valence-electron chi connectivity index (χ1n) is 10.4. The number of amides is 1. The van der Waals surface area contributed by atoms with Crippen LogP contribution in [0.15, 0.2) is 42.5 Å². The predicted octanol–water partition coefficient (Wildman–Crippen LogP) is 2.71. The molecule has 8 nitrogen and oxygen atoms in total. The summed E-state index contributed by atoms with van der Waals surface area (Å²) in [4.78, 5) is 35.1. The summed E-state index contributed by atoms with van der Waals surface area (Å²) >= 11 is 0. The van der Waals surface area contributed by atoms with Crippen molar-refractivity contribution in [2.24, 2.45) is 0 Å². The first kappa shape index (κ1) is 24.1. The number of nitrogens with zero attached hydrogens (tertiary/aromatic N) is 2. The molecular weight excluding hydrogens is 400 g/mol. The van der Waals surface area contributed by atoms with Crippen LogP contribution in [0.1, 0.15) is 26.7 Å². The average Bonchev–Trinajstić information content (AvgIpc) is 2.79. The van der Waals surface area contributed by atoms with Gasteiger partial charge in [-0.25, -0.2) is 9.59 Å². The highest BCUT2D eigenvalue weighted by molar-refractivity contribution is 6.27. The van der Waals surface area contributed by atoms with Crippen LogP contribution < -0.4 is 4.74 Å². The SMILES string of the molecule is CCC(CC)N1CCN(C(=O)COc2ccc3ccccc3c2)CC1.O=C(O)C(=O)O. The lowest BCUT2D eigenvalue weighted by Crippen LogP contribution is -2.52. The molecule has 1 aliphatic rings. The molecule has 8 heteroatoms. The molecule has 168 valence electrons. The van der Waals surface area contributed by atoms with Crippen molar-refractivity contribution in [1.29, 1.82) is 0 Å². The summed E-state index contributed by atoms with van der Waals surface area (Å²) in [6.45, 7) is 8.13. The maximum absolute atomic E-state index is 12.4. The van der Waals surface area contributed by atoms with Gasteiger partial charge < -0.3 is 19.8 Å². The lowest BCUT2D eigenvalue weighted by Gasteiger charge is -2.38. The Morgan fingerprint density at radius 3 is 2.03 bits per heavy atom. The van der Waals surface area contributed by atoms with Crippen LogP contribution in [0.3, 0.4) is 0 Å². The smallest absolute Gasteiger partial charge is 0.414 e. The zero-order valence-corrected chi connectivity index (χ0v) is 18.0. The van der Waals surface area contributed by atoms with Gasteiger partial charge in [0.15, 0.2) is 6.61 Å². The van der Waals surface area contributed by atoms with E-state index in [4.69, 9.17) is 24.5 Å². The molecule has 0 spiro atoms. The Morgan fingerprint density at radius 1 is 0.903 bits per heavy atom. The molecule has 2 aromatic rings. The Kier molecular flexibility index (Phi) is 9.27. The number of ether oxygens (including phenoxy) is 1. The largest absolute Gasteiger partial charge is 0.484 e. The number of rotatable bonds is 6. The molecular formula is C23H30N2O6. The molecule has 3 rings (SSSR count). The molecule has 0 radical (unpaired) electrons. The highest BCUT2D eigenvalue weighted by atomic mass is 16.5. The number of piperazine rings is 1. The molecule has 0 aliphatic carbocycles. The summed E-state index contributed by atoms with van der Waals surface area (Å²) < 4.78 is 5.74. The van der Waals surface area contributed by atoms with E-state index in [1.54, 1.807) is 0 Å². The van der Waals surface area contributed by atoms with Crippen LogP contribution in [0.2, 0.25) is 0 Å². The lowest BCUT2D eigenvalue weighted by atomic mass is 10.1. The third kappa shape index (κ3) is 7.25. The van der Waals surface area contributed by atoms with Gasteiger partial charge in [-0.1, -0.05) is 44.2 Å². The summed E-state index contributed by atoms with van der Waals surface area (Å²) in [6.07, 6.45) is 2.35. The third-order valence-corrected chi connectivity index (χ3v) is 5.39. The van der Waals surface area contributed by atoms with Crippen molar-refractivity contribution < 1.29 is 29.3 Å². The van der Waals surface area contributed by atoms with Crippen LogP contribution in [0, 0.1) is 0 Å². The number of benzene rings is 2. The highest BCUT2D eigenvalue weighted by Gasteiger charge is 2.24. The molecule has 0 aromatic heterocycles. The molecule has 0 atom stereocenters. The van der Waals surface area contributed by atoms with Gasteiger partial charge in [0.1, 0.15) is 5.75 Å².